The Balaban J connectivity index is 1.39. The monoisotopic (exact) mass is 514 g/mol. The van der Waals surface area contributed by atoms with Gasteiger partial charge >= 0.3 is 0 Å². The minimum atomic E-state index is -3.82. The van der Waals surface area contributed by atoms with Gasteiger partial charge in [0.2, 0.25) is 0 Å². The number of hydrogen-bond donors (Lipinski definition) is 1. The minimum Gasteiger partial charge on any atom is -0.411 e. The molecule has 37 heavy (non-hydrogen) atoms. The quantitative estimate of drug-likeness (QED) is 0.206. The molecule has 4 heterocycles. The maximum Gasteiger partial charge on any atom is 0.269 e. The van der Waals surface area contributed by atoms with Crippen LogP contribution in [0.3, 0.4) is 0 Å². The van der Waals surface area contributed by atoms with E-state index in [-0.39, 0.29) is 10.9 Å². The lowest BCUT2D eigenvalue weighted by Crippen LogP contribution is -2.34. The molecule has 1 aliphatic rings. The molecule has 0 radical (unpaired) electrons. The number of aromatic nitrogens is 4. The van der Waals surface area contributed by atoms with E-state index in [0.29, 0.717) is 22.4 Å². The zero-order valence-electron chi connectivity index (χ0n) is 20.1. The molecular formula is C27H26N6O3S. The van der Waals surface area contributed by atoms with E-state index in [1.54, 1.807) is 48.8 Å². The fourth-order valence-corrected chi connectivity index (χ4v) is 6.58. The van der Waals surface area contributed by atoms with Crippen LogP contribution in [0.5, 0.6) is 0 Å². The van der Waals surface area contributed by atoms with Crippen LogP contribution < -0.4 is 0 Å². The Morgan fingerprint density at radius 2 is 1.70 bits per heavy atom. The molecule has 0 unspecified atom stereocenters. The van der Waals surface area contributed by atoms with Crippen LogP contribution in [-0.2, 0) is 16.6 Å². The van der Waals surface area contributed by atoms with Crippen LogP contribution in [0.1, 0.15) is 30.3 Å². The second-order valence-electron chi connectivity index (χ2n) is 9.24. The molecule has 3 aromatic heterocycles. The van der Waals surface area contributed by atoms with Crippen molar-refractivity contribution in [2.45, 2.75) is 30.3 Å². The van der Waals surface area contributed by atoms with Gasteiger partial charge in [-0.2, -0.15) is 0 Å². The van der Waals surface area contributed by atoms with Gasteiger partial charge in [0, 0.05) is 37.3 Å². The van der Waals surface area contributed by atoms with Gasteiger partial charge < -0.3 is 9.77 Å². The van der Waals surface area contributed by atoms with Crippen LogP contribution in [-0.4, -0.2) is 56.3 Å². The molecule has 6 rings (SSSR count). The predicted molar refractivity (Wildman–Crippen MR) is 141 cm³/mol. The number of benzene rings is 2. The van der Waals surface area contributed by atoms with Crippen molar-refractivity contribution in [3.8, 4) is 0 Å². The molecule has 0 saturated carbocycles. The molecular weight excluding hydrogens is 488 g/mol. The van der Waals surface area contributed by atoms with E-state index in [0.717, 1.165) is 38.0 Å². The van der Waals surface area contributed by atoms with Crippen molar-refractivity contribution in [2.24, 2.45) is 5.16 Å². The number of rotatable bonds is 6. The topological polar surface area (TPSA) is 106 Å². The molecule has 1 saturated heterocycles. The zero-order chi connectivity index (χ0) is 25.4. The van der Waals surface area contributed by atoms with Gasteiger partial charge in [-0.1, -0.05) is 53.7 Å². The van der Waals surface area contributed by atoms with E-state index in [1.165, 1.54) is 15.8 Å². The van der Waals surface area contributed by atoms with E-state index in [1.807, 2.05) is 6.07 Å². The maximum absolute atomic E-state index is 13.4. The number of hydrogen-bond acceptors (Lipinski definition) is 7. The number of piperidine rings is 1. The highest BCUT2D eigenvalue weighted by Gasteiger charge is 2.27. The highest BCUT2D eigenvalue weighted by Crippen LogP contribution is 2.33. The van der Waals surface area contributed by atoms with Crippen molar-refractivity contribution >= 4 is 38.3 Å². The number of imidazole rings is 1. The van der Waals surface area contributed by atoms with Gasteiger partial charge in [0.1, 0.15) is 11.7 Å². The normalized spacial score (nSPS) is 15.8. The first kappa shape index (κ1) is 23.4. The predicted octanol–water partition coefficient (Wildman–Crippen LogP) is 4.27. The minimum absolute atomic E-state index is 0.115. The summed E-state index contributed by atoms with van der Waals surface area (Å²) in [6.45, 7) is 2.72. The average Bonchev–Trinajstić information content (AvgIpc) is 3.52. The summed E-state index contributed by atoms with van der Waals surface area (Å²) in [6, 6.07) is 20.6. The lowest BCUT2D eigenvalue weighted by molar-refractivity contribution is 0.181. The number of fused-ring (bicyclic) bond motifs is 3. The molecule has 1 N–H and O–H groups in total. The number of nitrogens with zero attached hydrogens (tertiary/aromatic N) is 6. The molecule has 1 fully saturated rings. The zero-order valence-corrected chi connectivity index (χ0v) is 20.9. The van der Waals surface area contributed by atoms with E-state index in [9.17, 15) is 13.6 Å². The van der Waals surface area contributed by atoms with Crippen molar-refractivity contribution in [1.29, 1.82) is 0 Å². The third kappa shape index (κ3) is 4.17. The summed E-state index contributed by atoms with van der Waals surface area (Å²) >= 11 is 0. The summed E-state index contributed by atoms with van der Waals surface area (Å²) in [5, 5.41) is 13.3. The van der Waals surface area contributed by atoms with Gasteiger partial charge in [0.15, 0.2) is 11.5 Å². The van der Waals surface area contributed by atoms with E-state index >= 15 is 0 Å². The Morgan fingerprint density at radius 1 is 1.00 bits per heavy atom. The Bertz CT molecular complexity index is 1690. The highest BCUT2D eigenvalue weighted by molar-refractivity contribution is 7.90. The molecule has 188 valence electrons. The Kier molecular flexibility index (Phi) is 5.97. The summed E-state index contributed by atoms with van der Waals surface area (Å²) in [5.41, 5.74) is 3.05. The Morgan fingerprint density at radius 3 is 2.41 bits per heavy atom. The first-order valence-electron chi connectivity index (χ1n) is 12.2. The van der Waals surface area contributed by atoms with Gasteiger partial charge in [0.05, 0.1) is 16.6 Å². The van der Waals surface area contributed by atoms with Crippen LogP contribution in [0.25, 0.3) is 22.1 Å². The summed E-state index contributed by atoms with van der Waals surface area (Å²) in [6.07, 6.45) is 6.23. The smallest absolute Gasteiger partial charge is 0.269 e. The van der Waals surface area contributed by atoms with Gasteiger partial charge in [-0.05, 0) is 36.6 Å². The van der Waals surface area contributed by atoms with Crippen molar-refractivity contribution in [1.82, 2.24) is 23.4 Å². The van der Waals surface area contributed by atoms with Gasteiger partial charge in [-0.25, -0.2) is 22.4 Å². The van der Waals surface area contributed by atoms with Gasteiger partial charge in [-0.3, -0.25) is 4.90 Å². The third-order valence-electron chi connectivity index (χ3n) is 7.00. The molecule has 0 amide bonds. The van der Waals surface area contributed by atoms with Crippen LogP contribution in [0.4, 0.5) is 0 Å². The molecule has 9 nitrogen and oxygen atoms in total. The lowest BCUT2D eigenvalue weighted by Gasteiger charge is -2.33. The molecule has 0 bridgehead atoms. The van der Waals surface area contributed by atoms with Crippen molar-refractivity contribution in [3.63, 3.8) is 0 Å². The fourth-order valence-electron chi connectivity index (χ4n) is 5.26. The molecule has 0 spiro atoms. The third-order valence-corrected chi connectivity index (χ3v) is 8.68. The lowest BCUT2D eigenvalue weighted by atomic mass is 10.0. The molecule has 0 atom stereocenters. The Labute approximate surface area is 214 Å². The molecule has 10 heteroatoms. The van der Waals surface area contributed by atoms with E-state index < -0.39 is 10.0 Å². The standard InChI is InChI=1S/C27H26N6O3S/c34-29-18-25-30-24-17-28-27-23(13-16-32(27)37(35,36)22-9-5-2-6-10-22)26(24)33(25)21-11-14-31(15-12-21)19-20-7-3-1-4-8-20/h1-10,13,16-18,21,34H,11-12,14-15,19H2/b29-18+. The first-order chi connectivity index (χ1) is 18.1. The van der Waals surface area contributed by atoms with Crippen LogP contribution in [0.15, 0.2) is 89.2 Å². The average molecular weight is 515 g/mol. The van der Waals surface area contributed by atoms with E-state index in [4.69, 9.17) is 0 Å². The summed E-state index contributed by atoms with van der Waals surface area (Å²) in [5.74, 6) is 0.520. The molecule has 5 aromatic rings. The van der Waals surface area contributed by atoms with Crippen molar-refractivity contribution in [3.05, 3.63) is 90.5 Å². The van der Waals surface area contributed by atoms with Crippen LogP contribution in [0, 0.1) is 0 Å². The van der Waals surface area contributed by atoms with Crippen LogP contribution >= 0.6 is 0 Å². The number of oxime groups is 1. The largest absolute Gasteiger partial charge is 0.411 e. The summed E-state index contributed by atoms with van der Waals surface area (Å²) < 4.78 is 30.0. The van der Waals surface area contributed by atoms with Crippen molar-refractivity contribution in [2.75, 3.05) is 13.1 Å². The van der Waals surface area contributed by atoms with Gasteiger partial charge in [0.25, 0.3) is 10.0 Å². The second kappa shape index (κ2) is 9.45. The van der Waals surface area contributed by atoms with Crippen LogP contribution in [0.2, 0.25) is 0 Å². The highest BCUT2D eigenvalue weighted by atomic mass is 32.2. The molecule has 0 aliphatic carbocycles. The summed E-state index contributed by atoms with van der Waals surface area (Å²) in [7, 11) is -3.82. The van der Waals surface area contributed by atoms with Gasteiger partial charge in [-0.15, -0.1) is 0 Å². The number of pyridine rings is 1. The Hall–Kier alpha value is -4.02. The fraction of sp³-hybridized carbons (Fsp3) is 0.222. The molecule has 2 aromatic carbocycles. The van der Waals surface area contributed by atoms with E-state index in [2.05, 4.69) is 48.9 Å². The van der Waals surface area contributed by atoms with Crippen molar-refractivity contribution < 1.29 is 13.6 Å². The second-order valence-corrected chi connectivity index (χ2v) is 11.1. The number of likely N-dealkylation sites (tertiary alicyclic amines) is 1. The molecule has 1 aliphatic heterocycles. The first-order valence-corrected chi connectivity index (χ1v) is 13.6. The SMILES string of the molecule is O=S(=O)(c1ccccc1)n1ccc2c1ncc1nc(/C=N/O)n(C3CCN(Cc4ccccc4)CC3)c12. The summed E-state index contributed by atoms with van der Waals surface area (Å²) in [4.78, 5) is 11.8. The maximum atomic E-state index is 13.4.